The molecule has 1 aromatic carbocycles. The van der Waals surface area contributed by atoms with Crippen LogP contribution in [0.2, 0.25) is 0 Å². The molecule has 0 radical (unpaired) electrons. The molecule has 0 saturated heterocycles. The number of amides is 1. The second-order valence-corrected chi connectivity index (χ2v) is 8.90. The lowest BCUT2D eigenvalue weighted by molar-refractivity contribution is -0.117. The zero-order valence-corrected chi connectivity index (χ0v) is 18.5. The molecule has 1 aromatic heterocycles. The van der Waals surface area contributed by atoms with Gasteiger partial charge in [-0.05, 0) is 37.4 Å². The molecule has 1 amide bonds. The van der Waals surface area contributed by atoms with Crippen LogP contribution in [-0.4, -0.2) is 64.3 Å². The van der Waals surface area contributed by atoms with E-state index in [4.69, 9.17) is 4.42 Å². The highest BCUT2D eigenvalue weighted by molar-refractivity contribution is 7.89. The summed E-state index contributed by atoms with van der Waals surface area (Å²) in [6.07, 6.45) is 1.59. The summed E-state index contributed by atoms with van der Waals surface area (Å²) in [5.74, 6) is 0.529. The largest absolute Gasteiger partial charge is 0.468 e. The number of benzene rings is 1. The molecule has 0 bridgehead atoms. The molecule has 0 spiro atoms. The van der Waals surface area contributed by atoms with Crippen molar-refractivity contribution in [1.29, 1.82) is 0 Å². The highest BCUT2D eigenvalue weighted by atomic mass is 32.2. The summed E-state index contributed by atoms with van der Waals surface area (Å²) in [5.41, 5.74) is 1.19. The Morgan fingerprint density at radius 3 is 2.34 bits per heavy atom. The van der Waals surface area contributed by atoms with E-state index in [9.17, 15) is 13.2 Å². The van der Waals surface area contributed by atoms with E-state index in [2.05, 4.69) is 5.32 Å². The topological polar surface area (TPSA) is 86.1 Å². The normalized spacial score (nSPS) is 11.8. The number of hydrogen-bond donors (Lipinski definition) is 1. The molecule has 1 N–H and O–H groups in total. The molecule has 0 aliphatic carbocycles. The average Bonchev–Trinajstić information content (AvgIpc) is 3.14. The van der Waals surface area contributed by atoms with Crippen molar-refractivity contribution >= 4 is 27.3 Å². The van der Waals surface area contributed by atoms with Crippen LogP contribution in [0.1, 0.15) is 19.6 Å². The van der Waals surface area contributed by atoms with Gasteiger partial charge in [0.05, 0.1) is 35.6 Å². The van der Waals surface area contributed by atoms with Crippen molar-refractivity contribution < 1.29 is 17.6 Å². The van der Waals surface area contributed by atoms with Crippen LogP contribution in [0, 0.1) is 0 Å². The highest BCUT2D eigenvalue weighted by Gasteiger charge is 2.23. The molecule has 8 nitrogen and oxygen atoms in total. The van der Waals surface area contributed by atoms with E-state index in [0.29, 0.717) is 25.3 Å². The van der Waals surface area contributed by atoms with E-state index in [1.165, 1.54) is 10.4 Å². The number of sulfonamides is 1. The smallest absolute Gasteiger partial charge is 0.243 e. The molecule has 2 aromatic rings. The monoisotopic (exact) mass is 422 g/mol. The van der Waals surface area contributed by atoms with E-state index in [1.54, 1.807) is 38.3 Å². The molecule has 2 rings (SSSR count). The zero-order chi connectivity index (χ0) is 21.6. The van der Waals surface area contributed by atoms with Gasteiger partial charge in [-0.2, -0.15) is 4.31 Å². The lowest BCUT2D eigenvalue weighted by Gasteiger charge is -2.22. The van der Waals surface area contributed by atoms with Crippen molar-refractivity contribution in [2.24, 2.45) is 0 Å². The van der Waals surface area contributed by atoms with E-state index in [1.807, 2.05) is 37.0 Å². The first-order chi connectivity index (χ1) is 13.7. The lowest BCUT2D eigenvalue weighted by atomic mass is 10.2. The first-order valence-electron chi connectivity index (χ1n) is 9.51. The Bertz CT molecular complexity index is 907. The number of carbonyl (C=O) groups is 1. The van der Waals surface area contributed by atoms with Gasteiger partial charge in [0.1, 0.15) is 5.76 Å². The molecular formula is C20H30N4O4S. The Balaban J connectivity index is 2.22. The average molecular weight is 423 g/mol. The predicted molar refractivity (Wildman–Crippen MR) is 115 cm³/mol. The fourth-order valence-corrected chi connectivity index (χ4v) is 4.52. The highest BCUT2D eigenvalue weighted by Crippen LogP contribution is 2.29. The lowest BCUT2D eigenvalue weighted by Crippen LogP contribution is -2.31. The number of likely N-dealkylation sites (N-methyl/N-ethyl adjacent to an activating group) is 1. The molecule has 0 aliphatic heterocycles. The van der Waals surface area contributed by atoms with Gasteiger partial charge in [-0.25, -0.2) is 8.42 Å². The Morgan fingerprint density at radius 1 is 1.10 bits per heavy atom. The molecule has 0 fully saturated rings. The quantitative estimate of drug-likeness (QED) is 0.633. The van der Waals surface area contributed by atoms with Crippen LogP contribution in [0.25, 0.3) is 0 Å². The maximum absolute atomic E-state index is 12.9. The third-order valence-corrected chi connectivity index (χ3v) is 6.53. The Hall–Kier alpha value is -2.36. The SMILES string of the molecule is CCN(CC)S(=O)(=O)c1ccc(N(C)C)c(NC(=O)CN(C)Cc2ccco2)c1. The minimum Gasteiger partial charge on any atom is -0.468 e. The van der Waals surface area contributed by atoms with Gasteiger partial charge >= 0.3 is 0 Å². The van der Waals surface area contributed by atoms with Crippen LogP contribution >= 0.6 is 0 Å². The number of furan rings is 1. The van der Waals surface area contributed by atoms with Crippen LogP contribution in [0.15, 0.2) is 45.9 Å². The predicted octanol–water partition coefficient (Wildman–Crippen LogP) is 2.45. The van der Waals surface area contributed by atoms with Gasteiger partial charge in [-0.15, -0.1) is 0 Å². The van der Waals surface area contributed by atoms with Gasteiger partial charge < -0.3 is 14.6 Å². The summed E-state index contributed by atoms with van der Waals surface area (Å²) in [5, 5.41) is 2.85. The molecule has 0 saturated carbocycles. The maximum atomic E-state index is 12.9. The maximum Gasteiger partial charge on any atom is 0.243 e. The first kappa shape index (κ1) is 22.9. The number of carbonyl (C=O) groups excluding carboxylic acids is 1. The van der Waals surface area contributed by atoms with Crippen LogP contribution in [0.3, 0.4) is 0 Å². The van der Waals surface area contributed by atoms with Crippen LogP contribution in [0.5, 0.6) is 0 Å². The van der Waals surface area contributed by atoms with Crippen molar-refractivity contribution in [3.63, 3.8) is 0 Å². The van der Waals surface area contributed by atoms with Crippen molar-refractivity contribution in [2.75, 3.05) is 51.0 Å². The molecule has 1 heterocycles. The second kappa shape index (κ2) is 9.91. The van der Waals surface area contributed by atoms with Gasteiger partial charge in [0.25, 0.3) is 0 Å². The number of anilines is 2. The molecule has 160 valence electrons. The summed E-state index contributed by atoms with van der Waals surface area (Å²) in [7, 11) is 1.88. The first-order valence-corrected chi connectivity index (χ1v) is 10.9. The second-order valence-electron chi connectivity index (χ2n) is 6.96. The summed E-state index contributed by atoms with van der Waals surface area (Å²) in [6, 6.07) is 8.45. The van der Waals surface area contributed by atoms with Gasteiger partial charge in [0.2, 0.25) is 15.9 Å². The number of nitrogens with zero attached hydrogens (tertiary/aromatic N) is 3. The summed E-state index contributed by atoms with van der Waals surface area (Å²) < 4.78 is 32.4. The summed E-state index contributed by atoms with van der Waals surface area (Å²) >= 11 is 0. The number of rotatable bonds is 10. The Morgan fingerprint density at radius 2 is 1.79 bits per heavy atom. The standard InChI is InChI=1S/C20H30N4O4S/c1-6-24(7-2)29(26,27)17-10-11-19(22(3)4)18(13-17)21-20(25)15-23(5)14-16-9-8-12-28-16/h8-13H,6-7,14-15H2,1-5H3,(H,21,25). The molecular weight excluding hydrogens is 392 g/mol. The minimum atomic E-state index is -3.62. The van der Waals surface area contributed by atoms with Gasteiger partial charge in [0, 0.05) is 27.2 Å². The fourth-order valence-electron chi connectivity index (χ4n) is 3.04. The number of nitrogens with one attached hydrogen (secondary N) is 1. The van der Waals surface area contributed by atoms with Crippen LogP contribution < -0.4 is 10.2 Å². The molecule has 9 heteroatoms. The Kier molecular flexibility index (Phi) is 7.83. The molecule has 0 atom stereocenters. The zero-order valence-electron chi connectivity index (χ0n) is 17.7. The third-order valence-electron chi connectivity index (χ3n) is 4.49. The summed E-state index contributed by atoms with van der Waals surface area (Å²) in [4.78, 5) is 16.4. The van der Waals surface area contributed by atoms with Gasteiger partial charge in [0.15, 0.2) is 0 Å². The van der Waals surface area contributed by atoms with E-state index < -0.39 is 10.0 Å². The van der Waals surface area contributed by atoms with Gasteiger partial charge in [-0.3, -0.25) is 9.69 Å². The number of hydrogen-bond acceptors (Lipinski definition) is 6. The van der Waals surface area contributed by atoms with E-state index in [0.717, 1.165) is 11.4 Å². The molecule has 29 heavy (non-hydrogen) atoms. The third kappa shape index (κ3) is 5.81. The summed E-state index contributed by atoms with van der Waals surface area (Å²) in [6.45, 7) is 5.00. The van der Waals surface area contributed by atoms with Crippen molar-refractivity contribution in [1.82, 2.24) is 9.21 Å². The fraction of sp³-hybridized carbons (Fsp3) is 0.450. The minimum absolute atomic E-state index is 0.139. The van der Waals surface area contributed by atoms with Crippen molar-refractivity contribution in [2.45, 2.75) is 25.3 Å². The molecule has 0 aliphatic rings. The van der Waals surface area contributed by atoms with Crippen molar-refractivity contribution in [3.8, 4) is 0 Å². The van der Waals surface area contributed by atoms with E-state index in [-0.39, 0.29) is 17.3 Å². The Labute approximate surface area is 173 Å². The van der Waals surface area contributed by atoms with E-state index >= 15 is 0 Å². The molecule has 0 unspecified atom stereocenters. The van der Waals surface area contributed by atoms with Crippen LogP contribution in [0.4, 0.5) is 11.4 Å². The van der Waals surface area contributed by atoms with Gasteiger partial charge in [-0.1, -0.05) is 13.8 Å². The van der Waals surface area contributed by atoms with Crippen molar-refractivity contribution in [3.05, 3.63) is 42.4 Å². The van der Waals surface area contributed by atoms with Crippen LogP contribution in [-0.2, 0) is 21.4 Å².